The first-order valence-electron chi connectivity index (χ1n) is 10.6. The maximum absolute atomic E-state index is 12.5. The summed E-state index contributed by atoms with van der Waals surface area (Å²) in [5, 5.41) is 7.96. The highest BCUT2D eigenvalue weighted by molar-refractivity contribution is 7.10. The summed E-state index contributed by atoms with van der Waals surface area (Å²) in [4.78, 5) is 28.1. The zero-order chi connectivity index (χ0) is 22.5. The fraction of sp³-hybridized carbons (Fsp3) is 0.333. The molecule has 32 heavy (non-hydrogen) atoms. The third-order valence-electron chi connectivity index (χ3n) is 5.72. The SMILES string of the molecule is COC(=O)c1cc(CNC(=O)NCC(c2ccccc2)N2CCc3sccc3C2)oc1C. The van der Waals surface area contributed by atoms with Crippen LogP contribution in [0.3, 0.4) is 0 Å². The number of fused-ring (bicyclic) bond motifs is 1. The molecule has 7 nitrogen and oxygen atoms in total. The van der Waals surface area contributed by atoms with Gasteiger partial charge in [0.1, 0.15) is 17.1 Å². The van der Waals surface area contributed by atoms with Crippen molar-refractivity contribution in [1.82, 2.24) is 15.5 Å². The van der Waals surface area contributed by atoms with Crippen LogP contribution < -0.4 is 10.6 Å². The second kappa shape index (κ2) is 10.0. The summed E-state index contributed by atoms with van der Waals surface area (Å²) in [6, 6.07) is 13.9. The molecule has 3 aromatic rings. The minimum Gasteiger partial charge on any atom is -0.465 e. The Labute approximate surface area is 191 Å². The van der Waals surface area contributed by atoms with Crippen molar-refractivity contribution in [3.63, 3.8) is 0 Å². The van der Waals surface area contributed by atoms with Gasteiger partial charge in [-0.15, -0.1) is 11.3 Å². The van der Waals surface area contributed by atoms with E-state index in [1.807, 2.05) is 29.5 Å². The molecule has 4 rings (SSSR count). The van der Waals surface area contributed by atoms with Crippen molar-refractivity contribution in [1.29, 1.82) is 0 Å². The number of hydrogen-bond acceptors (Lipinski definition) is 6. The quantitative estimate of drug-likeness (QED) is 0.528. The summed E-state index contributed by atoms with van der Waals surface area (Å²) in [5.74, 6) is 0.512. The van der Waals surface area contributed by atoms with Crippen LogP contribution in [0.1, 0.15) is 43.9 Å². The van der Waals surface area contributed by atoms with Crippen molar-refractivity contribution < 1.29 is 18.7 Å². The molecular weight excluding hydrogens is 426 g/mol. The zero-order valence-electron chi connectivity index (χ0n) is 18.2. The number of thiophene rings is 1. The van der Waals surface area contributed by atoms with Gasteiger partial charge >= 0.3 is 12.0 Å². The largest absolute Gasteiger partial charge is 0.465 e. The number of rotatable bonds is 7. The first kappa shape index (κ1) is 22.1. The highest BCUT2D eigenvalue weighted by Crippen LogP contribution is 2.30. The smallest absolute Gasteiger partial charge is 0.341 e. The molecule has 8 heteroatoms. The van der Waals surface area contributed by atoms with Crippen LogP contribution in [-0.4, -0.2) is 37.1 Å². The van der Waals surface area contributed by atoms with Gasteiger partial charge in [-0.05, 0) is 42.0 Å². The number of carbonyl (C=O) groups is 2. The predicted molar refractivity (Wildman–Crippen MR) is 123 cm³/mol. The van der Waals surface area contributed by atoms with Crippen molar-refractivity contribution in [3.8, 4) is 0 Å². The van der Waals surface area contributed by atoms with E-state index < -0.39 is 5.97 Å². The number of aryl methyl sites for hydroxylation is 1. The van der Waals surface area contributed by atoms with Crippen LogP contribution in [0.2, 0.25) is 0 Å². The topological polar surface area (TPSA) is 83.8 Å². The highest BCUT2D eigenvalue weighted by atomic mass is 32.1. The van der Waals surface area contributed by atoms with Gasteiger partial charge in [0, 0.05) is 24.5 Å². The number of urea groups is 1. The number of methoxy groups -OCH3 is 1. The van der Waals surface area contributed by atoms with Gasteiger partial charge in [0.2, 0.25) is 0 Å². The number of furan rings is 1. The lowest BCUT2D eigenvalue weighted by atomic mass is 10.0. The highest BCUT2D eigenvalue weighted by Gasteiger charge is 2.26. The molecule has 0 aliphatic carbocycles. The van der Waals surface area contributed by atoms with E-state index in [0.29, 0.717) is 23.6 Å². The van der Waals surface area contributed by atoms with E-state index in [1.54, 1.807) is 13.0 Å². The molecular formula is C24H27N3O4S. The van der Waals surface area contributed by atoms with Crippen molar-refractivity contribution in [2.24, 2.45) is 0 Å². The van der Waals surface area contributed by atoms with Crippen molar-refractivity contribution >= 4 is 23.3 Å². The summed E-state index contributed by atoms with van der Waals surface area (Å²) in [6.07, 6.45) is 1.03. The summed E-state index contributed by atoms with van der Waals surface area (Å²) < 4.78 is 10.3. The van der Waals surface area contributed by atoms with Crippen molar-refractivity contribution in [2.75, 3.05) is 20.2 Å². The van der Waals surface area contributed by atoms with Gasteiger partial charge in [-0.1, -0.05) is 30.3 Å². The van der Waals surface area contributed by atoms with Gasteiger partial charge in [0.25, 0.3) is 0 Å². The number of nitrogens with one attached hydrogen (secondary N) is 2. The summed E-state index contributed by atoms with van der Waals surface area (Å²) >= 11 is 1.82. The molecule has 0 saturated heterocycles. The molecule has 1 unspecified atom stereocenters. The molecule has 168 valence electrons. The van der Waals surface area contributed by atoms with Crippen molar-refractivity contribution in [2.45, 2.75) is 32.5 Å². The maximum atomic E-state index is 12.5. The summed E-state index contributed by atoms with van der Waals surface area (Å²) in [6.45, 7) is 4.20. The van der Waals surface area contributed by atoms with Gasteiger partial charge in [-0.25, -0.2) is 9.59 Å². The van der Waals surface area contributed by atoms with E-state index >= 15 is 0 Å². The molecule has 3 heterocycles. The number of carbonyl (C=O) groups excluding carboxylic acids is 2. The average Bonchev–Trinajstić information content (AvgIpc) is 3.44. The molecule has 0 fully saturated rings. The maximum Gasteiger partial charge on any atom is 0.341 e. The Bertz CT molecular complexity index is 1080. The van der Waals surface area contributed by atoms with E-state index in [1.165, 1.54) is 23.1 Å². The molecule has 0 bridgehead atoms. The number of nitrogens with zero attached hydrogens (tertiary/aromatic N) is 1. The Morgan fingerprint density at radius 3 is 2.81 bits per heavy atom. The molecule has 0 spiro atoms. The van der Waals surface area contributed by atoms with Gasteiger partial charge in [-0.3, -0.25) is 4.90 Å². The Kier molecular flexibility index (Phi) is 6.92. The number of benzene rings is 1. The Balaban J connectivity index is 1.37. The molecule has 0 radical (unpaired) electrons. The third kappa shape index (κ3) is 5.03. The first-order valence-corrected chi connectivity index (χ1v) is 11.5. The van der Waals surface area contributed by atoms with E-state index in [9.17, 15) is 9.59 Å². The Morgan fingerprint density at radius 1 is 1.22 bits per heavy atom. The third-order valence-corrected chi connectivity index (χ3v) is 6.74. The van der Waals surface area contributed by atoms with Gasteiger partial charge < -0.3 is 19.8 Å². The molecule has 1 aromatic carbocycles. The van der Waals surface area contributed by atoms with E-state index in [-0.39, 0.29) is 18.6 Å². The second-order valence-electron chi connectivity index (χ2n) is 7.75. The van der Waals surface area contributed by atoms with Crippen LogP contribution >= 0.6 is 11.3 Å². The van der Waals surface area contributed by atoms with E-state index in [2.05, 4.69) is 39.1 Å². The monoisotopic (exact) mass is 453 g/mol. The lowest BCUT2D eigenvalue weighted by Crippen LogP contribution is -2.43. The lowest BCUT2D eigenvalue weighted by molar-refractivity contribution is 0.0598. The van der Waals surface area contributed by atoms with Crippen LogP contribution in [0, 0.1) is 6.92 Å². The molecule has 2 aromatic heterocycles. The molecule has 1 aliphatic heterocycles. The molecule has 2 amide bonds. The number of esters is 1. The van der Waals surface area contributed by atoms with Crippen LogP contribution in [0.15, 0.2) is 52.3 Å². The minimum atomic E-state index is -0.456. The normalized spacial score (nSPS) is 14.4. The van der Waals surface area contributed by atoms with Crippen LogP contribution in [0.25, 0.3) is 0 Å². The lowest BCUT2D eigenvalue weighted by Gasteiger charge is -2.35. The first-order chi connectivity index (χ1) is 15.5. The van der Waals surface area contributed by atoms with Crippen LogP contribution in [-0.2, 0) is 24.2 Å². The standard InChI is InChI=1S/C24H27N3O4S/c1-16-20(23(28)30-2)12-19(31-16)13-25-24(29)26-14-21(17-6-4-3-5-7-17)27-10-8-22-18(15-27)9-11-32-22/h3-7,9,11-12,21H,8,10,13-15H2,1-2H3,(H2,25,26,29). The Morgan fingerprint density at radius 2 is 2.03 bits per heavy atom. The fourth-order valence-electron chi connectivity index (χ4n) is 4.03. The van der Waals surface area contributed by atoms with Crippen molar-refractivity contribution in [3.05, 3.63) is 80.9 Å². The molecule has 0 saturated carbocycles. The van der Waals surface area contributed by atoms with Gasteiger partial charge in [0.15, 0.2) is 0 Å². The number of ether oxygens (including phenoxy) is 1. The Hall–Kier alpha value is -3.10. The number of hydrogen-bond donors (Lipinski definition) is 2. The number of amides is 2. The predicted octanol–water partition coefficient (Wildman–Crippen LogP) is 4.03. The molecule has 1 atom stereocenters. The average molecular weight is 454 g/mol. The van der Waals surface area contributed by atoms with Crippen LogP contribution in [0.4, 0.5) is 4.79 Å². The molecule has 1 aliphatic rings. The fourth-order valence-corrected chi connectivity index (χ4v) is 4.92. The minimum absolute atomic E-state index is 0.0757. The summed E-state index contributed by atoms with van der Waals surface area (Å²) in [7, 11) is 1.32. The van der Waals surface area contributed by atoms with Gasteiger partial charge in [0.05, 0.1) is 19.7 Å². The molecule has 2 N–H and O–H groups in total. The van der Waals surface area contributed by atoms with E-state index in [0.717, 1.165) is 19.5 Å². The van der Waals surface area contributed by atoms with E-state index in [4.69, 9.17) is 9.15 Å². The zero-order valence-corrected chi connectivity index (χ0v) is 19.0. The summed E-state index contributed by atoms with van der Waals surface area (Å²) in [5.41, 5.74) is 2.92. The second-order valence-corrected chi connectivity index (χ2v) is 8.75. The van der Waals surface area contributed by atoms with Gasteiger partial charge in [-0.2, -0.15) is 0 Å². The van der Waals surface area contributed by atoms with Crippen LogP contribution in [0.5, 0.6) is 0 Å².